The largest absolute Gasteiger partial charge is 0.455 e. The van der Waals surface area contributed by atoms with Crippen molar-refractivity contribution in [1.29, 1.82) is 0 Å². The van der Waals surface area contributed by atoms with E-state index in [0.29, 0.717) is 0 Å². The maximum atomic E-state index is 7.02. The van der Waals surface area contributed by atoms with Crippen molar-refractivity contribution in [1.82, 2.24) is 4.98 Å². The van der Waals surface area contributed by atoms with Crippen LogP contribution in [0.2, 0.25) is 0 Å². The second kappa shape index (κ2) is 13.6. The van der Waals surface area contributed by atoms with Gasteiger partial charge in [-0.3, -0.25) is 0 Å². The normalized spacial score (nSPS) is 12.2. The van der Waals surface area contributed by atoms with Gasteiger partial charge in [-0.05, 0) is 103 Å². The third-order valence-corrected chi connectivity index (χ3v) is 13.2. The maximum absolute atomic E-state index is 7.02. The topological polar surface area (TPSA) is 39.2 Å². The summed E-state index contributed by atoms with van der Waals surface area (Å²) in [6, 6.07) is 62.8. The lowest BCUT2D eigenvalue weighted by Gasteiger charge is -2.21. The Morgan fingerprint density at radius 2 is 1.10 bits per heavy atom. The molecule has 10 aromatic carbocycles. The van der Waals surface area contributed by atoms with Crippen molar-refractivity contribution < 1.29 is 8.83 Å². The molecule has 3 aromatic heterocycles. The number of hydrogen-bond acceptors (Lipinski definition) is 3. The molecule has 0 aliphatic rings. The van der Waals surface area contributed by atoms with E-state index in [-0.39, 0.29) is 0 Å². The highest BCUT2D eigenvalue weighted by molar-refractivity contribution is 6.27. The Labute approximate surface area is 362 Å². The summed E-state index contributed by atoms with van der Waals surface area (Å²) in [5.74, 6) is 0. The lowest BCUT2D eigenvalue weighted by atomic mass is 9.82. The second-order valence-electron chi connectivity index (χ2n) is 16.6. The smallest absolute Gasteiger partial charge is 0.144 e. The lowest BCUT2D eigenvalue weighted by Crippen LogP contribution is -1.97. The molecule has 63 heavy (non-hydrogen) atoms. The SMILES string of the molecule is C=C/C=C\c1c(C)c(-c2cc3ccccc3c3c2oc2cc4ccccc4cc23)c2ccccc2c1-c1ccc2c(c1)nc(-c1ccccc1)c1ccc3c4ccccc4oc3c12. The first-order chi connectivity index (χ1) is 31.1. The van der Waals surface area contributed by atoms with Crippen LogP contribution in [-0.2, 0) is 0 Å². The number of fused-ring (bicyclic) bond motifs is 14. The molecule has 13 rings (SSSR count). The van der Waals surface area contributed by atoms with Crippen LogP contribution in [0.5, 0.6) is 0 Å². The summed E-state index contributed by atoms with van der Waals surface area (Å²) in [6.07, 6.45) is 6.11. The van der Waals surface area contributed by atoms with Gasteiger partial charge in [0.2, 0.25) is 0 Å². The minimum atomic E-state index is 0.878. The number of furan rings is 2. The van der Waals surface area contributed by atoms with E-state index in [2.05, 4.69) is 189 Å². The van der Waals surface area contributed by atoms with E-state index >= 15 is 0 Å². The van der Waals surface area contributed by atoms with Gasteiger partial charge in [0.25, 0.3) is 0 Å². The van der Waals surface area contributed by atoms with E-state index in [1.165, 1.54) is 16.2 Å². The first kappa shape index (κ1) is 35.5. The van der Waals surface area contributed by atoms with Gasteiger partial charge in [0.15, 0.2) is 0 Å². The molecule has 13 aromatic rings. The van der Waals surface area contributed by atoms with Crippen LogP contribution in [-0.4, -0.2) is 4.98 Å². The summed E-state index contributed by atoms with van der Waals surface area (Å²) in [6.45, 7) is 6.36. The molecular formula is C60H37NO2. The Hall–Kier alpha value is -8.27. The monoisotopic (exact) mass is 803 g/mol. The van der Waals surface area contributed by atoms with Gasteiger partial charge in [0.1, 0.15) is 22.3 Å². The summed E-state index contributed by atoms with van der Waals surface area (Å²) in [4.78, 5) is 5.50. The van der Waals surface area contributed by atoms with Crippen LogP contribution in [0.25, 0.3) is 137 Å². The number of nitrogens with zero attached hydrogens (tertiary/aromatic N) is 1. The highest BCUT2D eigenvalue weighted by Crippen LogP contribution is 2.49. The molecule has 0 spiro atoms. The maximum Gasteiger partial charge on any atom is 0.144 e. The minimum absolute atomic E-state index is 0.878. The zero-order chi connectivity index (χ0) is 41.8. The highest BCUT2D eigenvalue weighted by Gasteiger charge is 2.24. The molecule has 3 heterocycles. The molecule has 3 nitrogen and oxygen atoms in total. The number of para-hydroxylation sites is 1. The van der Waals surface area contributed by atoms with Crippen molar-refractivity contribution >= 4 is 104 Å². The van der Waals surface area contributed by atoms with E-state index in [1.807, 2.05) is 18.2 Å². The zero-order valence-corrected chi connectivity index (χ0v) is 34.4. The van der Waals surface area contributed by atoms with Crippen molar-refractivity contribution in [3.63, 3.8) is 0 Å². The molecular weight excluding hydrogens is 767 g/mol. The summed E-state index contributed by atoms with van der Waals surface area (Å²) in [5, 5.41) is 14.7. The van der Waals surface area contributed by atoms with Gasteiger partial charge >= 0.3 is 0 Å². The fraction of sp³-hybridized carbons (Fsp3) is 0.0167. The zero-order valence-electron chi connectivity index (χ0n) is 34.4. The van der Waals surface area contributed by atoms with Gasteiger partial charge in [-0.1, -0.05) is 164 Å². The Bertz CT molecular complexity index is 4110. The van der Waals surface area contributed by atoms with E-state index in [1.54, 1.807) is 0 Å². The Morgan fingerprint density at radius 3 is 1.90 bits per heavy atom. The number of benzene rings is 10. The molecule has 0 fully saturated rings. The van der Waals surface area contributed by atoms with Gasteiger partial charge in [-0.15, -0.1) is 0 Å². The third-order valence-electron chi connectivity index (χ3n) is 13.2. The molecule has 0 unspecified atom stereocenters. The molecule has 0 aliphatic heterocycles. The van der Waals surface area contributed by atoms with Crippen LogP contribution in [0.1, 0.15) is 11.1 Å². The Kier molecular flexibility index (Phi) is 7.67. The molecule has 0 atom stereocenters. The van der Waals surface area contributed by atoms with Crippen LogP contribution < -0.4 is 0 Å². The number of rotatable bonds is 5. The fourth-order valence-corrected chi connectivity index (χ4v) is 10.4. The predicted octanol–water partition coefficient (Wildman–Crippen LogP) is 17.2. The van der Waals surface area contributed by atoms with Gasteiger partial charge < -0.3 is 8.83 Å². The third kappa shape index (κ3) is 5.23. The Balaban J connectivity index is 1.12. The van der Waals surface area contributed by atoms with Crippen LogP contribution in [0.15, 0.2) is 203 Å². The minimum Gasteiger partial charge on any atom is -0.455 e. The molecule has 0 amide bonds. The molecule has 0 bridgehead atoms. The average molecular weight is 804 g/mol. The number of pyridine rings is 1. The average Bonchev–Trinajstić information content (AvgIpc) is 3.91. The number of allylic oxidation sites excluding steroid dienone is 2. The number of aromatic nitrogens is 1. The van der Waals surface area contributed by atoms with Crippen molar-refractivity contribution in [2.24, 2.45) is 0 Å². The van der Waals surface area contributed by atoms with Crippen LogP contribution >= 0.6 is 0 Å². The summed E-state index contributed by atoms with van der Waals surface area (Å²) < 4.78 is 13.7. The van der Waals surface area contributed by atoms with E-state index in [9.17, 15) is 0 Å². The summed E-state index contributed by atoms with van der Waals surface area (Å²) in [5.41, 5.74) is 13.2. The van der Waals surface area contributed by atoms with E-state index in [4.69, 9.17) is 13.8 Å². The van der Waals surface area contributed by atoms with Crippen molar-refractivity contribution in [3.8, 4) is 33.5 Å². The van der Waals surface area contributed by atoms with Gasteiger partial charge in [0.05, 0.1) is 11.2 Å². The second-order valence-corrected chi connectivity index (χ2v) is 16.6. The van der Waals surface area contributed by atoms with Gasteiger partial charge in [0, 0.05) is 48.8 Å². The van der Waals surface area contributed by atoms with Gasteiger partial charge in [-0.2, -0.15) is 0 Å². The molecule has 0 radical (unpaired) electrons. The fourth-order valence-electron chi connectivity index (χ4n) is 10.4. The molecule has 0 aliphatic carbocycles. The summed E-state index contributed by atoms with van der Waals surface area (Å²) >= 11 is 0. The summed E-state index contributed by atoms with van der Waals surface area (Å²) in [7, 11) is 0. The Morgan fingerprint density at radius 1 is 0.460 bits per heavy atom. The van der Waals surface area contributed by atoms with Gasteiger partial charge in [-0.25, -0.2) is 4.98 Å². The number of hydrogen-bond donors (Lipinski definition) is 0. The van der Waals surface area contributed by atoms with E-state index < -0.39 is 0 Å². The molecule has 0 saturated carbocycles. The predicted molar refractivity (Wildman–Crippen MR) is 267 cm³/mol. The molecule has 294 valence electrons. The first-order valence-corrected chi connectivity index (χ1v) is 21.5. The standard InChI is InChI=1S/C60H37NO2/c1-3-4-21-41-35(2)54(50-32-39-20-10-11-22-42(39)56-49-31-37-18-8-9-19-38(37)34-53(49)63-60(50)56)44-24-12-13-25-45(44)55(41)40-27-28-47-51(33-40)61-58(36-16-6-5-7-17-36)48-30-29-46-43-23-14-15-26-52(43)62-59(46)57(47)48/h3-34H,1H2,2H3/b21-4-. The van der Waals surface area contributed by atoms with E-state index in [0.717, 1.165) is 126 Å². The molecule has 0 saturated heterocycles. The quantitative estimate of drug-likeness (QED) is 0.128. The van der Waals surface area contributed by atoms with Crippen LogP contribution in [0.4, 0.5) is 0 Å². The molecule has 0 N–H and O–H groups in total. The highest BCUT2D eigenvalue weighted by atomic mass is 16.3. The van der Waals surface area contributed by atoms with Crippen molar-refractivity contribution in [3.05, 3.63) is 206 Å². The lowest BCUT2D eigenvalue weighted by molar-refractivity contribution is 0.670. The molecule has 3 heteroatoms. The van der Waals surface area contributed by atoms with Crippen LogP contribution in [0.3, 0.4) is 0 Å². The van der Waals surface area contributed by atoms with Crippen LogP contribution in [0, 0.1) is 6.92 Å². The van der Waals surface area contributed by atoms with Crippen molar-refractivity contribution in [2.45, 2.75) is 6.92 Å². The van der Waals surface area contributed by atoms with Crippen molar-refractivity contribution in [2.75, 3.05) is 0 Å². The first-order valence-electron chi connectivity index (χ1n) is 21.5.